The van der Waals surface area contributed by atoms with E-state index < -0.39 is 23.9 Å². The number of aliphatic carboxylic acids is 1. The van der Waals surface area contributed by atoms with Crippen LogP contribution >= 0.6 is 11.3 Å². The van der Waals surface area contributed by atoms with E-state index in [0.29, 0.717) is 0 Å². The van der Waals surface area contributed by atoms with E-state index in [1.165, 1.54) is 11.3 Å². The number of rotatable bonds is 7. The first-order valence-corrected chi connectivity index (χ1v) is 6.72. The molecule has 0 fully saturated rings. The summed E-state index contributed by atoms with van der Waals surface area (Å²) >= 11 is 1.40. The maximum Gasteiger partial charge on any atom is 0.326 e. The number of nitrogens with one attached hydrogen (secondary N) is 2. The van der Waals surface area contributed by atoms with Crippen LogP contribution in [0.1, 0.15) is 23.4 Å². The monoisotopic (exact) mass is 300 g/mol. The Labute approximate surface area is 119 Å². The Kier molecular flexibility index (Phi) is 5.91. The highest BCUT2D eigenvalue weighted by atomic mass is 32.1. The number of carboxylic acid groups (broad SMARTS) is 1. The summed E-state index contributed by atoms with van der Waals surface area (Å²) in [5, 5.41) is 13.7. The van der Waals surface area contributed by atoms with Crippen LogP contribution in [0.3, 0.4) is 0 Å². The second-order valence-corrected chi connectivity index (χ2v) is 5.02. The average Bonchev–Trinajstić information content (AvgIpc) is 2.77. The first-order valence-electron chi connectivity index (χ1n) is 5.84. The molecule has 1 heterocycles. The molecular weight excluding hydrogens is 284 g/mol. The van der Waals surface area contributed by atoms with Gasteiger partial charge in [0.15, 0.2) is 0 Å². The second kappa shape index (κ2) is 7.43. The van der Waals surface area contributed by atoms with Gasteiger partial charge in [-0.2, -0.15) is 0 Å². The quantitative estimate of drug-likeness (QED) is 0.561. The van der Waals surface area contributed by atoms with Gasteiger partial charge in [-0.1, -0.05) is 0 Å². The van der Waals surface area contributed by atoms with Crippen molar-refractivity contribution in [3.8, 4) is 0 Å². The van der Waals surface area contributed by atoms with E-state index in [4.69, 9.17) is 10.8 Å². The molecule has 1 aromatic rings. The summed E-state index contributed by atoms with van der Waals surface area (Å²) < 4.78 is 0. The van der Waals surface area contributed by atoms with Crippen molar-refractivity contribution < 1.29 is 19.5 Å². The van der Waals surface area contributed by atoms with Crippen LogP contribution in [0.25, 0.3) is 0 Å². The predicted molar refractivity (Wildman–Crippen MR) is 72.1 cm³/mol. The van der Waals surface area contributed by atoms with Crippen molar-refractivity contribution in [2.45, 2.75) is 32.4 Å². The Morgan fingerprint density at radius 2 is 2.20 bits per heavy atom. The minimum atomic E-state index is -1.21. The molecule has 3 amide bonds. The van der Waals surface area contributed by atoms with Crippen molar-refractivity contribution in [1.82, 2.24) is 15.6 Å². The Balaban J connectivity index is 2.43. The van der Waals surface area contributed by atoms with Gasteiger partial charge in [0.25, 0.3) is 0 Å². The zero-order chi connectivity index (χ0) is 15.1. The molecule has 0 aliphatic rings. The van der Waals surface area contributed by atoms with Crippen LogP contribution in [0.15, 0.2) is 5.51 Å². The molecule has 0 saturated heterocycles. The highest BCUT2D eigenvalue weighted by molar-refractivity contribution is 7.09. The minimum Gasteiger partial charge on any atom is -0.480 e. The molecule has 1 rings (SSSR count). The number of nitrogens with two attached hydrogens (primary N) is 1. The number of nitrogens with zero attached hydrogens (tertiary/aromatic N) is 1. The van der Waals surface area contributed by atoms with Crippen LogP contribution in [-0.2, 0) is 16.1 Å². The molecule has 0 aliphatic heterocycles. The third-order valence-electron chi connectivity index (χ3n) is 2.54. The van der Waals surface area contributed by atoms with Crippen molar-refractivity contribution in [3.63, 3.8) is 0 Å². The van der Waals surface area contributed by atoms with Crippen LogP contribution in [0, 0.1) is 6.92 Å². The summed E-state index contributed by atoms with van der Waals surface area (Å²) in [5.41, 5.74) is 7.43. The van der Waals surface area contributed by atoms with Crippen LogP contribution in [0.5, 0.6) is 0 Å². The van der Waals surface area contributed by atoms with E-state index in [1.54, 1.807) is 5.51 Å². The molecule has 8 nitrogen and oxygen atoms in total. The standard InChI is InChI=1S/C11H16N4O4S/c1-6-8(20-5-14-6)4-13-11(19)15-7(10(17)18)2-3-9(12)16/h5,7H,2-4H2,1H3,(H2,12,16)(H,17,18)(H2,13,15,19)/t7-/m0/s1. The molecule has 0 bridgehead atoms. The van der Waals surface area contributed by atoms with E-state index in [9.17, 15) is 14.4 Å². The van der Waals surface area contributed by atoms with Crippen LogP contribution in [-0.4, -0.2) is 34.0 Å². The molecule has 0 radical (unpaired) electrons. The summed E-state index contributed by atoms with van der Waals surface area (Å²) in [6.45, 7) is 2.09. The smallest absolute Gasteiger partial charge is 0.326 e. The maximum absolute atomic E-state index is 11.6. The van der Waals surface area contributed by atoms with Crippen molar-refractivity contribution >= 4 is 29.2 Å². The number of carbonyl (C=O) groups excluding carboxylic acids is 2. The summed E-state index contributed by atoms with van der Waals surface area (Å²) in [5.74, 6) is -1.82. The van der Waals surface area contributed by atoms with Crippen molar-refractivity contribution in [2.24, 2.45) is 5.73 Å². The lowest BCUT2D eigenvalue weighted by atomic mass is 10.1. The van der Waals surface area contributed by atoms with Crippen LogP contribution in [0.4, 0.5) is 4.79 Å². The SMILES string of the molecule is Cc1ncsc1CNC(=O)N[C@@H](CCC(N)=O)C(=O)O. The van der Waals surface area contributed by atoms with Gasteiger partial charge in [-0.3, -0.25) is 4.79 Å². The minimum absolute atomic E-state index is 0.0440. The summed E-state index contributed by atoms with van der Waals surface area (Å²) in [4.78, 5) is 38.1. The lowest BCUT2D eigenvalue weighted by molar-refractivity contribution is -0.139. The summed E-state index contributed by atoms with van der Waals surface area (Å²) in [6.07, 6.45) is -0.150. The summed E-state index contributed by atoms with van der Waals surface area (Å²) in [6, 6.07) is -1.76. The first kappa shape index (κ1) is 15.9. The fraction of sp³-hybridized carbons (Fsp3) is 0.455. The number of amides is 3. The number of thiazole rings is 1. The number of primary amides is 1. The predicted octanol–water partition coefficient (Wildman–Crippen LogP) is -0.0306. The molecule has 0 aromatic carbocycles. The molecule has 20 heavy (non-hydrogen) atoms. The largest absolute Gasteiger partial charge is 0.480 e. The van der Waals surface area contributed by atoms with Crippen molar-refractivity contribution in [3.05, 3.63) is 16.1 Å². The van der Waals surface area contributed by atoms with Gasteiger partial charge in [0.05, 0.1) is 17.7 Å². The molecule has 110 valence electrons. The molecular formula is C11H16N4O4S. The number of carbonyl (C=O) groups is 3. The van der Waals surface area contributed by atoms with Crippen molar-refractivity contribution in [1.29, 1.82) is 0 Å². The number of carboxylic acids is 1. The molecule has 1 aromatic heterocycles. The molecule has 0 spiro atoms. The fourth-order valence-electron chi connectivity index (χ4n) is 1.41. The Hall–Kier alpha value is -2.16. The normalized spacial score (nSPS) is 11.7. The van der Waals surface area contributed by atoms with Crippen LogP contribution in [0.2, 0.25) is 0 Å². The van der Waals surface area contributed by atoms with Gasteiger partial charge in [0, 0.05) is 11.3 Å². The topological polar surface area (TPSA) is 134 Å². The third-order valence-corrected chi connectivity index (χ3v) is 3.47. The number of hydrogen-bond donors (Lipinski definition) is 4. The lowest BCUT2D eigenvalue weighted by Crippen LogP contribution is -2.46. The van der Waals surface area contributed by atoms with E-state index in [1.807, 2.05) is 6.92 Å². The van der Waals surface area contributed by atoms with Gasteiger partial charge in [0.1, 0.15) is 6.04 Å². The highest BCUT2D eigenvalue weighted by Gasteiger charge is 2.20. The fourth-order valence-corrected chi connectivity index (χ4v) is 2.13. The number of aryl methyl sites for hydroxylation is 1. The first-order chi connectivity index (χ1) is 9.40. The number of hydrogen-bond acceptors (Lipinski definition) is 5. The summed E-state index contributed by atoms with van der Waals surface area (Å²) in [7, 11) is 0. The van der Waals surface area contributed by atoms with E-state index in [2.05, 4.69) is 15.6 Å². The Morgan fingerprint density at radius 3 is 2.70 bits per heavy atom. The van der Waals surface area contributed by atoms with E-state index in [-0.39, 0.29) is 19.4 Å². The van der Waals surface area contributed by atoms with Gasteiger partial charge in [-0.15, -0.1) is 11.3 Å². The van der Waals surface area contributed by atoms with Gasteiger partial charge in [-0.05, 0) is 13.3 Å². The Morgan fingerprint density at radius 1 is 1.50 bits per heavy atom. The number of urea groups is 1. The van der Waals surface area contributed by atoms with E-state index in [0.717, 1.165) is 10.6 Å². The Bertz CT molecular complexity index is 502. The molecule has 9 heteroatoms. The van der Waals surface area contributed by atoms with Gasteiger partial charge >= 0.3 is 12.0 Å². The maximum atomic E-state index is 11.6. The molecule has 0 saturated carbocycles. The van der Waals surface area contributed by atoms with Crippen LogP contribution < -0.4 is 16.4 Å². The van der Waals surface area contributed by atoms with E-state index >= 15 is 0 Å². The average molecular weight is 300 g/mol. The molecule has 5 N–H and O–H groups in total. The molecule has 1 atom stereocenters. The third kappa shape index (κ3) is 5.22. The second-order valence-electron chi connectivity index (χ2n) is 4.08. The van der Waals surface area contributed by atoms with Crippen molar-refractivity contribution in [2.75, 3.05) is 0 Å². The lowest BCUT2D eigenvalue weighted by Gasteiger charge is -2.14. The highest BCUT2D eigenvalue weighted by Crippen LogP contribution is 2.11. The number of aromatic nitrogens is 1. The van der Waals surface area contributed by atoms with Gasteiger partial charge in [0.2, 0.25) is 5.91 Å². The zero-order valence-electron chi connectivity index (χ0n) is 10.9. The van der Waals surface area contributed by atoms with Gasteiger partial charge < -0.3 is 21.5 Å². The zero-order valence-corrected chi connectivity index (χ0v) is 11.7. The molecule has 0 aliphatic carbocycles. The van der Waals surface area contributed by atoms with Gasteiger partial charge in [-0.25, -0.2) is 14.6 Å². The molecule has 0 unspecified atom stereocenters.